The Balaban J connectivity index is 1.61. The van der Waals surface area contributed by atoms with Gasteiger partial charge in [0.1, 0.15) is 11.5 Å². The number of piperidine rings is 1. The molecule has 0 spiro atoms. The van der Waals surface area contributed by atoms with Gasteiger partial charge in [0.05, 0.1) is 19.1 Å². The number of carbonyl (C=O) groups is 2. The van der Waals surface area contributed by atoms with E-state index in [1.807, 2.05) is 6.92 Å². The molecular weight excluding hydrogens is 434 g/mol. The number of anilines is 1. The van der Waals surface area contributed by atoms with Crippen molar-refractivity contribution in [2.45, 2.75) is 24.7 Å². The molecule has 32 heavy (non-hydrogen) atoms. The molecule has 0 aromatic heterocycles. The van der Waals surface area contributed by atoms with Gasteiger partial charge in [0.25, 0.3) is 5.91 Å². The summed E-state index contributed by atoms with van der Waals surface area (Å²) in [5.74, 6) is 0.600. The van der Waals surface area contributed by atoms with Crippen molar-refractivity contribution in [1.29, 1.82) is 0 Å². The summed E-state index contributed by atoms with van der Waals surface area (Å²) in [5.41, 5.74) is 1.78. The number of primary sulfonamides is 1. The van der Waals surface area contributed by atoms with Gasteiger partial charge in [-0.15, -0.1) is 0 Å². The fourth-order valence-corrected chi connectivity index (χ4v) is 4.22. The van der Waals surface area contributed by atoms with E-state index in [-0.39, 0.29) is 22.6 Å². The summed E-state index contributed by atoms with van der Waals surface area (Å²) in [6.07, 6.45) is 1.04. The number of benzene rings is 2. The Kier molecular flexibility index (Phi) is 7.05. The minimum Gasteiger partial charge on any atom is -0.496 e. The predicted molar refractivity (Wildman–Crippen MR) is 119 cm³/mol. The maximum atomic E-state index is 13.0. The van der Waals surface area contributed by atoms with Crippen LogP contribution in [0.2, 0.25) is 0 Å². The van der Waals surface area contributed by atoms with Gasteiger partial charge in [0, 0.05) is 35.8 Å². The van der Waals surface area contributed by atoms with Crippen molar-refractivity contribution < 1.29 is 27.5 Å². The van der Waals surface area contributed by atoms with E-state index in [9.17, 15) is 18.0 Å². The third kappa shape index (κ3) is 5.20. The first-order valence-electron chi connectivity index (χ1n) is 10.1. The maximum absolute atomic E-state index is 13.0. The van der Waals surface area contributed by atoms with Crippen molar-refractivity contribution in [2.75, 3.05) is 32.6 Å². The molecule has 1 heterocycles. The van der Waals surface area contributed by atoms with Crippen LogP contribution < -0.4 is 19.9 Å². The second-order valence-electron chi connectivity index (χ2n) is 7.63. The maximum Gasteiger partial charge on any atom is 0.254 e. The number of nitrogens with zero attached hydrogens (tertiary/aromatic N) is 1. The van der Waals surface area contributed by atoms with Crippen LogP contribution in [0.1, 0.15) is 28.8 Å². The third-order valence-corrected chi connectivity index (χ3v) is 6.53. The van der Waals surface area contributed by atoms with E-state index in [1.54, 1.807) is 31.3 Å². The molecule has 10 heteroatoms. The highest BCUT2D eigenvalue weighted by molar-refractivity contribution is 7.89. The van der Waals surface area contributed by atoms with Gasteiger partial charge in [0.15, 0.2) is 0 Å². The van der Waals surface area contributed by atoms with E-state index in [0.717, 1.165) is 5.56 Å². The molecule has 1 aliphatic rings. The van der Waals surface area contributed by atoms with E-state index < -0.39 is 10.0 Å². The van der Waals surface area contributed by atoms with E-state index in [2.05, 4.69) is 5.32 Å². The molecule has 0 unspecified atom stereocenters. The number of sulfonamides is 1. The van der Waals surface area contributed by atoms with Crippen molar-refractivity contribution in [1.82, 2.24) is 4.90 Å². The quantitative estimate of drug-likeness (QED) is 0.678. The molecule has 0 aliphatic carbocycles. The van der Waals surface area contributed by atoms with E-state index in [0.29, 0.717) is 48.7 Å². The molecule has 3 rings (SSSR count). The molecule has 0 radical (unpaired) electrons. The Morgan fingerprint density at radius 3 is 2.03 bits per heavy atom. The number of likely N-dealkylation sites (tertiary alicyclic amines) is 1. The average molecular weight is 462 g/mol. The summed E-state index contributed by atoms with van der Waals surface area (Å²) < 4.78 is 33.4. The van der Waals surface area contributed by atoms with E-state index in [1.165, 1.54) is 24.3 Å². The molecule has 1 aliphatic heterocycles. The number of rotatable bonds is 6. The van der Waals surface area contributed by atoms with Crippen LogP contribution in [-0.2, 0) is 14.8 Å². The molecule has 1 fully saturated rings. The molecule has 9 nitrogen and oxygen atoms in total. The highest BCUT2D eigenvalue weighted by Crippen LogP contribution is 2.31. The number of amides is 2. The van der Waals surface area contributed by atoms with Crippen molar-refractivity contribution in [3.05, 3.63) is 47.5 Å². The number of nitrogens with two attached hydrogens (primary N) is 1. The average Bonchev–Trinajstić information content (AvgIpc) is 2.78. The fourth-order valence-electron chi connectivity index (χ4n) is 3.71. The fraction of sp³-hybridized carbons (Fsp3) is 0.364. The lowest BCUT2D eigenvalue weighted by atomic mass is 9.95. The zero-order valence-corrected chi connectivity index (χ0v) is 19.1. The lowest BCUT2D eigenvalue weighted by Gasteiger charge is -2.31. The van der Waals surface area contributed by atoms with Crippen LogP contribution in [0.3, 0.4) is 0 Å². The number of methoxy groups -OCH3 is 2. The Labute approximate surface area is 187 Å². The van der Waals surface area contributed by atoms with E-state index >= 15 is 0 Å². The zero-order chi connectivity index (χ0) is 23.5. The summed E-state index contributed by atoms with van der Waals surface area (Å²) in [6.45, 7) is 2.75. The van der Waals surface area contributed by atoms with Gasteiger partial charge < -0.3 is 19.7 Å². The first kappa shape index (κ1) is 23.6. The summed E-state index contributed by atoms with van der Waals surface area (Å²) in [4.78, 5) is 27.3. The van der Waals surface area contributed by atoms with Crippen molar-refractivity contribution in [3.63, 3.8) is 0 Å². The standard InChI is InChI=1S/C22H27N3O6S/c1-14-19(30-2)12-16(13-20(14)31-3)22(27)25-10-8-15(9-11-25)21(26)24-17-4-6-18(7-5-17)32(23,28)29/h4-7,12-13,15H,8-11H2,1-3H3,(H,24,26)(H2,23,28,29). The number of hydrogen-bond acceptors (Lipinski definition) is 6. The highest BCUT2D eigenvalue weighted by atomic mass is 32.2. The van der Waals surface area contributed by atoms with Crippen molar-refractivity contribution >= 4 is 27.5 Å². The van der Waals surface area contributed by atoms with Gasteiger partial charge in [-0.1, -0.05) is 0 Å². The molecule has 2 amide bonds. The molecule has 3 N–H and O–H groups in total. The summed E-state index contributed by atoms with van der Waals surface area (Å²) in [5, 5.41) is 7.87. The van der Waals surface area contributed by atoms with Crippen LogP contribution in [0, 0.1) is 12.8 Å². The molecule has 2 aromatic rings. The summed E-state index contributed by atoms with van der Waals surface area (Å²) >= 11 is 0. The van der Waals surface area contributed by atoms with Gasteiger partial charge in [-0.25, -0.2) is 13.6 Å². The number of hydrogen-bond donors (Lipinski definition) is 2. The minimum atomic E-state index is -3.78. The van der Waals surface area contributed by atoms with Crippen LogP contribution in [0.25, 0.3) is 0 Å². The first-order valence-corrected chi connectivity index (χ1v) is 11.6. The molecule has 172 valence electrons. The van der Waals surface area contributed by atoms with Crippen LogP contribution in [-0.4, -0.2) is 52.4 Å². The summed E-state index contributed by atoms with van der Waals surface area (Å²) in [7, 11) is -0.695. The Morgan fingerprint density at radius 2 is 1.56 bits per heavy atom. The molecule has 2 aromatic carbocycles. The third-order valence-electron chi connectivity index (χ3n) is 5.60. The zero-order valence-electron chi connectivity index (χ0n) is 18.3. The van der Waals surface area contributed by atoms with Crippen LogP contribution in [0.5, 0.6) is 11.5 Å². The topological polar surface area (TPSA) is 128 Å². The first-order chi connectivity index (χ1) is 15.1. The second-order valence-corrected chi connectivity index (χ2v) is 9.19. The molecular formula is C22H27N3O6S. The van der Waals surface area contributed by atoms with Gasteiger partial charge in [0.2, 0.25) is 15.9 Å². The van der Waals surface area contributed by atoms with Gasteiger partial charge in [-0.2, -0.15) is 0 Å². The molecule has 1 saturated heterocycles. The SMILES string of the molecule is COc1cc(C(=O)N2CCC(C(=O)Nc3ccc(S(N)(=O)=O)cc3)CC2)cc(OC)c1C. The van der Waals surface area contributed by atoms with E-state index in [4.69, 9.17) is 14.6 Å². The van der Waals surface area contributed by atoms with Crippen molar-refractivity contribution in [3.8, 4) is 11.5 Å². The lowest BCUT2D eigenvalue weighted by Crippen LogP contribution is -2.41. The predicted octanol–water partition coefficient (Wildman–Crippen LogP) is 2.15. The minimum absolute atomic E-state index is 0.0216. The molecule has 0 atom stereocenters. The smallest absolute Gasteiger partial charge is 0.254 e. The number of nitrogens with one attached hydrogen (secondary N) is 1. The molecule has 0 bridgehead atoms. The Hall–Kier alpha value is -3.11. The van der Waals surface area contributed by atoms with Crippen molar-refractivity contribution in [2.24, 2.45) is 11.1 Å². The Bertz CT molecular complexity index is 1080. The van der Waals surface area contributed by atoms with Crippen LogP contribution in [0.4, 0.5) is 5.69 Å². The monoisotopic (exact) mass is 461 g/mol. The molecule has 0 saturated carbocycles. The van der Waals surface area contributed by atoms with Crippen LogP contribution in [0.15, 0.2) is 41.3 Å². The highest BCUT2D eigenvalue weighted by Gasteiger charge is 2.28. The number of carbonyl (C=O) groups excluding carboxylic acids is 2. The van der Waals surface area contributed by atoms with Gasteiger partial charge in [-0.05, 0) is 56.2 Å². The summed E-state index contributed by atoms with van der Waals surface area (Å²) in [6, 6.07) is 9.07. The Morgan fingerprint density at radius 1 is 1.03 bits per heavy atom. The normalized spacial score (nSPS) is 14.7. The van der Waals surface area contributed by atoms with Gasteiger partial charge in [-0.3, -0.25) is 9.59 Å². The largest absolute Gasteiger partial charge is 0.496 e. The van der Waals surface area contributed by atoms with Crippen LogP contribution >= 0.6 is 0 Å². The lowest BCUT2D eigenvalue weighted by molar-refractivity contribution is -0.121. The second kappa shape index (κ2) is 9.58. The van der Waals surface area contributed by atoms with Gasteiger partial charge >= 0.3 is 0 Å². The number of ether oxygens (including phenoxy) is 2.